The molecule has 0 aromatic carbocycles. The van der Waals surface area contributed by atoms with Crippen LogP contribution in [0.1, 0.15) is 50.1 Å². The predicted octanol–water partition coefficient (Wildman–Crippen LogP) is 2.13. The Morgan fingerprint density at radius 1 is 1.10 bits per heavy atom. The Labute approximate surface area is 118 Å². The van der Waals surface area contributed by atoms with Crippen molar-refractivity contribution >= 4 is 11.2 Å². The average Bonchev–Trinajstić information content (AvgIpc) is 3.14. The molecule has 0 radical (unpaired) electrons. The van der Waals surface area contributed by atoms with Gasteiger partial charge in [-0.15, -0.1) is 0 Å². The molecule has 2 aromatic heterocycles. The van der Waals surface area contributed by atoms with E-state index < -0.39 is 0 Å². The highest BCUT2D eigenvalue weighted by molar-refractivity contribution is 5.71. The fourth-order valence-electron chi connectivity index (χ4n) is 3.46. The van der Waals surface area contributed by atoms with Crippen LogP contribution in [0.5, 0.6) is 0 Å². The van der Waals surface area contributed by atoms with Gasteiger partial charge < -0.3 is 5.32 Å². The molecule has 2 aliphatic rings. The van der Waals surface area contributed by atoms with Crippen LogP contribution in [-0.4, -0.2) is 27.6 Å². The first-order valence-corrected chi connectivity index (χ1v) is 7.73. The van der Waals surface area contributed by atoms with Crippen LogP contribution in [0.3, 0.4) is 0 Å². The third-order valence-corrected chi connectivity index (χ3v) is 4.44. The van der Waals surface area contributed by atoms with E-state index in [1.54, 1.807) is 0 Å². The number of hydrogen-bond acceptors (Lipinski definition) is 4. The number of fused-ring (bicyclic) bond motifs is 1. The summed E-state index contributed by atoms with van der Waals surface area (Å²) in [5, 5.41) is 7.21. The molecule has 2 saturated heterocycles. The first-order valence-electron chi connectivity index (χ1n) is 7.73. The zero-order valence-electron chi connectivity index (χ0n) is 11.7. The van der Waals surface area contributed by atoms with Gasteiger partial charge in [-0.25, -0.2) is 9.97 Å². The first kappa shape index (κ1) is 12.3. The number of nitrogens with one attached hydrogen (secondary N) is 2. The van der Waals surface area contributed by atoms with Gasteiger partial charge >= 0.3 is 0 Å². The molecule has 2 fully saturated rings. The molecule has 4 heterocycles. The minimum Gasteiger partial charge on any atom is -0.307 e. The number of aromatic nitrogens is 3. The quantitative estimate of drug-likeness (QED) is 0.878. The second-order valence-electron chi connectivity index (χ2n) is 5.80. The van der Waals surface area contributed by atoms with Crippen LogP contribution < -0.4 is 10.6 Å². The molecule has 2 aliphatic heterocycles. The molecule has 4 rings (SSSR count). The molecule has 20 heavy (non-hydrogen) atoms. The van der Waals surface area contributed by atoms with E-state index in [0.717, 1.165) is 30.1 Å². The van der Waals surface area contributed by atoms with Crippen LogP contribution in [-0.2, 0) is 0 Å². The minimum absolute atomic E-state index is 0.355. The SMILES string of the molecule is c1cnc2c(c1)nc(C1CCCCN1)n2C1CCCN1. The van der Waals surface area contributed by atoms with Crippen molar-refractivity contribution in [3.8, 4) is 0 Å². The molecular formula is C15H21N5. The van der Waals surface area contributed by atoms with Gasteiger partial charge in [0.1, 0.15) is 11.3 Å². The van der Waals surface area contributed by atoms with Crippen molar-refractivity contribution < 1.29 is 0 Å². The highest BCUT2D eigenvalue weighted by atomic mass is 15.3. The van der Waals surface area contributed by atoms with Crippen LogP contribution in [0.4, 0.5) is 0 Å². The summed E-state index contributed by atoms with van der Waals surface area (Å²) in [5.41, 5.74) is 2.04. The normalized spacial score (nSPS) is 27.2. The standard InChI is InChI=1S/C15H21N5/c1-2-8-16-11(5-1)15-19-12-6-3-10-18-14(12)20(15)13-7-4-9-17-13/h3,6,10-11,13,16-17H,1-2,4-5,7-9H2. The zero-order valence-corrected chi connectivity index (χ0v) is 11.7. The molecule has 5 nitrogen and oxygen atoms in total. The van der Waals surface area contributed by atoms with Crippen LogP contribution in [0.2, 0.25) is 0 Å². The Hall–Kier alpha value is -1.46. The lowest BCUT2D eigenvalue weighted by Gasteiger charge is -2.26. The number of imidazole rings is 1. The summed E-state index contributed by atoms with van der Waals surface area (Å²) in [4.78, 5) is 9.45. The van der Waals surface area contributed by atoms with E-state index in [0.29, 0.717) is 12.2 Å². The molecule has 0 aliphatic carbocycles. The van der Waals surface area contributed by atoms with E-state index in [1.807, 2.05) is 12.3 Å². The third-order valence-electron chi connectivity index (χ3n) is 4.44. The zero-order chi connectivity index (χ0) is 13.4. The summed E-state index contributed by atoms with van der Waals surface area (Å²) in [6.45, 7) is 2.19. The van der Waals surface area contributed by atoms with Gasteiger partial charge in [0, 0.05) is 6.20 Å². The molecule has 2 aromatic rings. The number of rotatable bonds is 2. The molecule has 5 heteroatoms. The van der Waals surface area contributed by atoms with Crippen LogP contribution in [0.15, 0.2) is 18.3 Å². The van der Waals surface area contributed by atoms with E-state index >= 15 is 0 Å². The Bertz CT molecular complexity index is 593. The fourth-order valence-corrected chi connectivity index (χ4v) is 3.46. The fraction of sp³-hybridized carbons (Fsp3) is 0.600. The molecule has 0 bridgehead atoms. The van der Waals surface area contributed by atoms with Crippen molar-refractivity contribution in [1.29, 1.82) is 0 Å². The first-order chi connectivity index (χ1) is 9.93. The summed E-state index contributed by atoms with van der Waals surface area (Å²) < 4.78 is 2.34. The Morgan fingerprint density at radius 3 is 2.85 bits per heavy atom. The number of pyridine rings is 1. The predicted molar refractivity (Wildman–Crippen MR) is 78.4 cm³/mol. The van der Waals surface area contributed by atoms with E-state index in [1.165, 1.54) is 32.1 Å². The Kier molecular flexibility index (Phi) is 3.16. The number of nitrogens with zero attached hydrogens (tertiary/aromatic N) is 3. The van der Waals surface area contributed by atoms with E-state index in [4.69, 9.17) is 4.98 Å². The third kappa shape index (κ3) is 2.01. The maximum atomic E-state index is 4.88. The molecule has 2 atom stereocenters. The second-order valence-corrected chi connectivity index (χ2v) is 5.80. The van der Waals surface area contributed by atoms with Crippen LogP contribution in [0.25, 0.3) is 11.2 Å². The Morgan fingerprint density at radius 2 is 2.05 bits per heavy atom. The van der Waals surface area contributed by atoms with Crippen molar-refractivity contribution in [2.45, 2.75) is 44.3 Å². The largest absolute Gasteiger partial charge is 0.307 e. The molecule has 0 spiro atoms. The van der Waals surface area contributed by atoms with Gasteiger partial charge in [0.2, 0.25) is 0 Å². The highest BCUT2D eigenvalue weighted by Gasteiger charge is 2.27. The van der Waals surface area contributed by atoms with Crippen molar-refractivity contribution in [2.24, 2.45) is 0 Å². The van der Waals surface area contributed by atoms with Crippen molar-refractivity contribution in [3.63, 3.8) is 0 Å². The van der Waals surface area contributed by atoms with Crippen molar-refractivity contribution in [2.75, 3.05) is 13.1 Å². The summed E-state index contributed by atoms with van der Waals surface area (Å²) in [6, 6.07) is 4.42. The molecule has 0 saturated carbocycles. The summed E-state index contributed by atoms with van der Waals surface area (Å²) in [6.07, 6.45) is 8.36. The monoisotopic (exact) mass is 271 g/mol. The van der Waals surface area contributed by atoms with Crippen LogP contribution in [0, 0.1) is 0 Å². The maximum absolute atomic E-state index is 4.88. The minimum atomic E-state index is 0.355. The van der Waals surface area contributed by atoms with E-state index in [2.05, 4.69) is 26.3 Å². The summed E-state index contributed by atoms with van der Waals surface area (Å²) in [7, 11) is 0. The lowest BCUT2D eigenvalue weighted by molar-refractivity contribution is 0.364. The molecule has 0 amide bonds. The summed E-state index contributed by atoms with van der Waals surface area (Å²) >= 11 is 0. The lowest BCUT2D eigenvalue weighted by Crippen LogP contribution is -2.31. The highest BCUT2D eigenvalue weighted by Crippen LogP contribution is 2.30. The van der Waals surface area contributed by atoms with Gasteiger partial charge in [-0.3, -0.25) is 9.88 Å². The second kappa shape index (κ2) is 5.14. The van der Waals surface area contributed by atoms with Crippen molar-refractivity contribution in [1.82, 2.24) is 25.2 Å². The van der Waals surface area contributed by atoms with E-state index in [-0.39, 0.29) is 0 Å². The maximum Gasteiger partial charge on any atom is 0.161 e. The smallest absolute Gasteiger partial charge is 0.161 e. The van der Waals surface area contributed by atoms with Crippen LogP contribution >= 0.6 is 0 Å². The molecule has 2 N–H and O–H groups in total. The lowest BCUT2D eigenvalue weighted by atomic mass is 10.0. The topological polar surface area (TPSA) is 54.8 Å². The molecule has 106 valence electrons. The average molecular weight is 271 g/mol. The number of hydrogen-bond donors (Lipinski definition) is 2. The van der Waals surface area contributed by atoms with Gasteiger partial charge in [0.25, 0.3) is 0 Å². The Balaban J connectivity index is 1.82. The van der Waals surface area contributed by atoms with E-state index in [9.17, 15) is 0 Å². The van der Waals surface area contributed by atoms with Gasteiger partial charge in [-0.05, 0) is 50.9 Å². The van der Waals surface area contributed by atoms with Gasteiger partial charge in [0.05, 0.1) is 12.2 Å². The van der Waals surface area contributed by atoms with Gasteiger partial charge in [-0.1, -0.05) is 6.42 Å². The van der Waals surface area contributed by atoms with Crippen molar-refractivity contribution in [3.05, 3.63) is 24.2 Å². The van der Waals surface area contributed by atoms with Gasteiger partial charge in [0.15, 0.2) is 5.65 Å². The summed E-state index contributed by atoms with van der Waals surface area (Å²) in [5.74, 6) is 1.16. The van der Waals surface area contributed by atoms with Gasteiger partial charge in [-0.2, -0.15) is 0 Å². The number of piperidine rings is 1. The molecule has 2 unspecified atom stereocenters. The molecular weight excluding hydrogens is 250 g/mol.